The first-order valence-electron chi connectivity index (χ1n) is 10.2. The zero-order valence-corrected chi connectivity index (χ0v) is 17.2. The average molecular weight is 399 g/mol. The van der Waals surface area contributed by atoms with E-state index in [2.05, 4.69) is 0 Å². The van der Waals surface area contributed by atoms with Crippen molar-refractivity contribution in [1.82, 2.24) is 4.90 Å². The first-order chi connectivity index (χ1) is 14.6. The van der Waals surface area contributed by atoms with Gasteiger partial charge in [-0.3, -0.25) is 9.59 Å². The number of esters is 1. The Hall–Kier alpha value is -3.40. The largest absolute Gasteiger partial charge is 0.465 e. The number of nitrogens with zero attached hydrogens (tertiary/aromatic N) is 1. The van der Waals surface area contributed by atoms with Gasteiger partial charge in [0.15, 0.2) is 5.41 Å². The summed E-state index contributed by atoms with van der Waals surface area (Å²) in [6.07, 6.45) is 0. The maximum absolute atomic E-state index is 13.7. The van der Waals surface area contributed by atoms with Crippen molar-refractivity contribution >= 4 is 11.9 Å². The molecule has 1 fully saturated rings. The van der Waals surface area contributed by atoms with E-state index in [4.69, 9.17) is 4.74 Å². The number of amides is 1. The lowest BCUT2D eigenvalue weighted by Gasteiger charge is -2.54. The summed E-state index contributed by atoms with van der Waals surface area (Å²) in [7, 11) is 0. The fraction of sp³-hybridized carbons (Fsp3) is 0.231. The van der Waals surface area contributed by atoms with Gasteiger partial charge >= 0.3 is 5.97 Å². The molecule has 4 heteroatoms. The molecular formula is C26H25NO3. The van der Waals surface area contributed by atoms with Crippen LogP contribution in [0.3, 0.4) is 0 Å². The third-order valence-electron chi connectivity index (χ3n) is 5.74. The second kappa shape index (κ2) is 8.15. The van der Waals surface area contributed by atoms with Gasteiger partial charge in [0.1, 0.15) is 0 Å². The second-order valence-electron chi connectivity index (χ2n) is 7.63. The molecule has 0 unspecified atom stereocenters. The third-order valence-corrected chi connectivity index (χ3v) is 5.74. The fourth-order valence-electron chi connectivity index (χ4n) is 4.29. The molecule has 30 heavy (non-hydrogen) atoms. The summed E-state index contributed by atoms with van der Waals surface area (Å²) < 4.78 is 5.46. The van der Waals surface area contributed by atoms with Crippen molar-refractivity contribution < 1.29 is 14.3 Å². The molecule has 1 aliphatic rings. The number of ether oxygens (including phenoxy) is 1. The summed E-state index contributed by atoms with van der Waals surface area (Å²) >= 11 is 0. The molecule has 0 saturated carbocycles. The van der Waals surface area contributed by atoms with E-state index >= 15 is 0 Å². The third kappa shape index (κ3) is 3.18. The molecule has 3 aromatic carbocycles. The van der Waals surface area contributed by atoms with Crippen LogP contribution in [0.5, 0.6) is 0 Å². The standard InChI is InChI=1S/C26H25NO3/c1-3-30-25(29)26(22-12-8-5-9-13-22)23(21-16-14-19(2)15-17-21)27(24(26)28)18-20-10-6-4-7-11-20/h4-17,23H,3,18H2,1-2H3/t23-,26+/m0/s1. The van der Waals surface area contributed by atoms with Crippen LogP contribution in [0.25, 0.3) is 0 Å². The summed E-state index contributed by atoms with van der Waals surface area (Å²) in [5, 5.41) is 0. The Balaban J connectivity index is 1.85. The predicted octanol–water partition coefficient (Wildman–Crippen LogP) is 4.58. The molecule has 0 bridgehead atoms. The molecule has 0 spiro atoms. The van der Waals surface area contributed by atoms with Crippen molar-refractivity contribution in [2.24, 2.45) is 0 Å². The Morgan fingerprint density at radius 2 is 1.53 bits per heavy atom. The van der Waals surface area contributed by atoms with Gasteiger partial charge in [-0.25, -0.2) is 0 Å². The topological polar surface area (TPSA) is 46.6 Å². The van der Waals surface area contributed by atoms with E-state index in [1.807, 2.05) is 91.9 Å². The summed E-state index contributed by atoms with van der Waals surface area (Å²) in [4.78, 5) is 28.8. The SMILES string of the molecule is CCOC(=O)[C@@]1(c2ccccc2)C(=O)N(Cc2ccccc2)[C@H]1c1ccc(C)cc1. The minimum absolute atomic E-state index is 0.221. The Morgan fingerprint density at radius 1 is 0.933 bits per heavy atom. The van der Waals surface area contributed by atoms with Crippen LogP contribution in [0.15, 0.2) is 84.9 Å². The fourth-order valence-corrected chi connectivity index (χ4v) is 4.29. The minimum atomic E-state index is -1.37. The summed E-state index contributed by atoms with van der Waals surface area (Å²) in [6, 6.07) is 26.7. The molecule has 0 aliphatic carbocycles. The lowest BCUT2D eigenvalue weighted by Crippen LogP contribution is -2.69. The Bertz CT molecular complexity index is 1030. The van der Waals surface area contributed by atoms with Crippen molar-refractivity contribution in [3.05, 3.63) is 107 Å². The van der Waals surface area contributed by atoms with Crippen LogP contribution in [-0.2, 0) is 26.3 Å². The van der Waals surface area contributed by atoms with Crippen molar-refractivity contribution in [2.75, 3.05) is 6.61 Å². The monoisotopic (exact) mass is 399 g/mol. The van der Waals surface area contributed by atoms with E-state index < -0.39 is 17.4 Å². The van der Waals surface area contributed by atoms with Crippen molar-refractivity contribution in [2.45, 2.75) is 31.8 Å². The maximum Gasteiger partial charge on any atom is 0.328 e. The molecule has 2 atom stereocenters. The van der Waals surface area contributed by atoms with E-state index in [1.54, 1.807) is 11.8 Å². The van der Waals surface area contributed by atoms with Gasteiger partial charge in [0.05, 0.1) is 12.6 Å². The summed E-state index contributed by atoms with van der Waals surface area (Å²) in [6.45, 7) is 4.45. The first kappa shape index (κ1) is 19.9. The molecule has 0 aromatic heterocycles. The summed E-state index contributed by atoms with van der Waals surface area (Å²) in [5.41, 5.74) is 2.37. The molecule has 1 heterocycles. The van der Waals surface area contributed by atoms with Gasteiger partial charge in [-0.05, 0) is 30.5 Å². The van der Waals surface area contributed by atoms with E-state index in [1.165, 1.54) is 0 Å². The first-order valence-corrected chi connectivity index (χ1v) is 10.2. The molecule has 152 valence electrons. The van der Waals surface area contributed by atoms with Crippen LogP contribution < -0.4 is 0 Å². The smallest absolute Gasteiger partial charge is 0.328 e. The molecule has 0 N–H and O–H groups in total. The van der Waals surface area contributed by atoms with E-state index in [9.17, 15) is 9.59 Å². The molecule has 4 rings (SSSR count). The zero-order chi connectivity index (χ0) is 21.1. The van der Waals surface area contributed by atoms with Gasteiger partial charge in [-0.1, -0.05) is 90.5 Å². The van der Waals surface area contributed by atoms with Crippen molar-refractivity contribution in [3.8, 4) is 0 Å². The second-order valence-corrected chi connectivity index (χ2v) is 7.63. The molecule has 1 saturated heterocycles. The number of carbonyl (C=O) groups is 2. The quantitative estimate of drug-likeness (QED) is 0.346. The highest BCUT2D eigenvalue weighted by Crippen LogP contribution is 2.53. The van der Waals surface area contributed by atoms with Crippen LogP contribution in [0.1, 0.15) is 35.2 Å². The van der Waals surface area contributed by atoms with Crippen LogP contribution >= 0.6 is 0 Å². The molecule has 4 nitrogen and oxygen atoms in total. The van der Waals surface area contributed by atoms with Crippen LogP contribution in [0, 0.1) is 6.92 Å². The minimum Gasteiger partial charge on any atom is -0.465 e. The number of β-lactam (4-membered cyclic amide) rings is 1. The van der Waals surface area contributed by atoms with Gasteiger partial charge in [0, 0.05) is 6.54 Å². The van der Waals surface area contributed by atoms with Gasteiger partial charge in [0.2, 0.25) is 5.91 Å². The number of hydrogen-bond acceptors (Lipinski definition) is 3. The Labute approximate surface area is 177 Å². The number of benzene rings is 3. The number of hydrogen-bond donors (Lipinski definition) is 0. The van der Waals surface area contributed by atoms with E-state index in [-0.39, 0.29) is 12.5 Å². The molecular weight excluding hydrogens is 374 g/mol. The Kier molecular flexibility index (Phi) is 5.40. The lowest BCUT2D eigenvalue weighted by atomic mass is 9.63. The lowest BCUT2D eigenvalue weighted by molar-refractivity contribution is -0.180. The average Bonchev–Trinajstić information content (AvgIpc) is 2.78. The van der Waals surface area contributed by atoms with Gasteiger partial charge in [-0.2, -0.15) is 0 Å². The van der Waals surface area contributed by atoms with Gasteiger partial charge in [0.25, 0.3) is 0 Å². The highest BCUT2D eigenvalue weighted by Gasteiger charge is 2.67. The zero-order valence-electron chi connectivity index (χ0n) is 17.2. The highest BCUT2D eigenvalue weighted by atomic mass is 16.5. The van der Waals surface area contributed by atoms with E-state index in [0.29, 0.717) is 12.1 Å². The van der Waals surface area contributed by atoms with Gasteiger partial charge < -0.3 is 9.64 Å². The molecule has 3 aromatic rings. The van der Waals surface area contributed by atoms with Crippen molar-refractivity contribution in [3.63, 3.8) is 0 Å². The number of rotatable bonds is 6. The highest BCUT2D eigenvalue weighted by molar-refractivity contribution is 6.14. The number of aryl methyl sites for hydroxylation is 1. The van der Waals surface area contributed by atoms with Crippen LogP contribution in [-0.4, -0.2) is 23.4 Å². The Morgan fingerprint density at radius 3 is 2.13 bits per heavy atom. The molecule has 1 aliphatic heterocycles. The predicted molar refractivity (Wildman–Crippen MR) is 116 cm³/mol. The maximum atomic E-state index is 13.7. The van der Waals surface area contributed by atoms with Crippen molar-refractivity contribution in [1.29, 1.82) is 0 Å². The van der Waals surface area contributed by atoms with Crippen LogP contribution in [0.2, 0.25) is 0 Å². The van der Waals surface area contributed by atoms with Gasteiger partial charge in [-0.15, -0.1) is 0 Å². The molecule has 1 amide bonds. The van der Waals surface area contributed by atoms with Crippen LogP contribution in [0.4, 0.5) is 0 Å². The normalized spacial score (nSPS) is 20.5. The number of carbonyl (C=O) groups excluding carboxylic acids is 2. The molecule has 0 radical (unpaired) electrons. The summed E-state index contributed by atoms with van der Waals surface area (Å²) in [5.74, 6) is -0.710. The van der Waals surface area contributed by atoms with E-state index in [0.717, 1.165) is 16.7 Å². The number of likely N-dealkylation sites (tertiary alicyclic amines) is 1.